The van der Waals surface area contributed by atoms with E-state index in [1.165, 1.54) is 12.1 Å². The fourth-order valence-electron chi connectivity index (χ4n) is 2.28. The van der Waals surface area contributed by atoms with E-state index in [-0.39, 0.29) is 23.4 Å². The molecule has 0 bridgehead atoms. The van der Waals surface area contributed by atoms with Crippen molar-refractivity contribution in [3.05, 3.63) is 29.6 Å². The molecule has 3 nitrogen and oxygen atoms in total. The second kappa shape index (κ2) is 5.17. The molecule has 1 fully saturated rings. The largest absolute Gasteiger partial charge is 0.370 e. The number of halogens is 2. The summed E-state index contributed by atoms with van der Waals surface area (Å²) in [5.74, 6) is 0.149. The molecule has 0 aromatic heterocycles. The van der Waals surface area contributed by atoms with E-state index in [1.54, 1.807) is 6.07 Å². The highest BCUT2D eigenvalue weighted by Crippen LogP contribution is 2.28. The predicted octanol–water partition coefficient (Wildman–Crippen LogP) is 2.34. The standard InChI is InChI=1S/C12H15BrFNO2S/c1-15(11-4-5-18(16,17)8-11)12-3-2-10(14)6-9(12)7-13/h2-3,6,11H,4-5,7-8H2,1H3. The van der Waals surface area contributed by atoms with E-state index in [1.807, 2.05) is 11.9 Å². The molecule has 1 aromatic rings. The second-order valence-corrected chi connectivity index (χ2v) is 7.36. The molecule has 6 heteroatoms. The monoisotopic (exact) mass is 335 g/mol. The van der Waals surface area contributed by atoms with Crippen LogP contribution in [-0.2, 0) is 15.2 Å². The van der Waals surface area contributed by atoms with Crippen LogP contribution in [0.1, 0.15) is 12.0 Å². The van der Waals surface area contributed by atoms with Gasteiger partial charge >= 0.3 is 0 Å². The van der Waals surface area contributed by atoms with Gasteiger partial charge in [-0.1, -0.05) is 15.9 Å². The molecule has 100 valence electrons. The van der Waals surface area contributed by atoms with Gasteiger partial charge in [-0.2, -0.15) is 0 Å². The Balaban J connectivity index is 2.26. The zero-order chi connectivity index (χ0) is 13.3. The summed E-state index contributed by atoms with van der Waals surface area (Å²) in [4.78, 5) is 1.95. The summed E-state index contributed by atoms with van der Waals surface area (Å²) >= 11 is 3.33. The number of anilines is 1. The van der Waals surface area contributed by atoms with Gasteiger partial charge in [0.25, 0.3) is 0 Å². The topological polar surface area (TPSA) is 37.4 Å². The molecule has 1 aromatic carbocycles. The van der Waals surface area contributed by atoms with Gasteiger partial charge in [0, 0.05) is 24.1 Å². The zero-order valence-corrected chi connectivity index (χ0v) is 12.5. The van der Waals surface area contributed by atoms with Crippen molar-refractivity contribution >= 4 is 31.5 Å². The number of alkyl halides is 1. The molecule has 2 rings (SSSR count). The summed E-state index contributed by atoms with van der Waals surface area (Å²) < 4.78 is 36.1. The van der Waals surface area contributed by atoms with Crippen LogP contribution in [0.25, 0.3) is 0 Å². The Morgan fingerprint density at radius 1 is 1.50 bits per heavy atom. The average molecular weight is 336 g/mol. The highest BCUT2D eigenvalue weighted by Gasteiger charge is 2.31. The highest BCUT2D eigenvalue weighted by atomic mass is 79.9. The van der Waals surface area contributed by atoms with E-state index in [0.29, 0.717) is 11.8 Å². The first-order valence-corrected chi connectivity index (χ1v) is 8.65. The van der Waals surface area contributed by atoms with E-state index in [0.717, 1.165) is 11.3 Å². The number of nitrogens with zero attached hydrogens (tertiary/aromatic N) is 1. The molecule has 1 unspecified atom stereocenters. The second-order valence-electron chi connectivity index (χ2n) is 4.57. The van der Waals surface area contributed by atoms with Crippen molar-refractivity contribution in [3.63, 3.8) is 0 Å². The van der Waals surface area contributed by atoms with Gasteiger partial charge in [-0.25, -0.2) is 12.8 Å². The lowest BCUT2D eigenvalue weighted by molar-refractivity contribution is 0.600. The molecule has 1 atom stereocenters. The molecule has 0 N–H and O–H groups in total. The molecule has 0 aliphatic carbocycles. The van der Waals surface area contributed by atoms with Gasteiger partial charge in [-0.15, -0.1) is 0 Å². The maximum Gasteiger partial charge on any atom is 0.152 e. The molecule has 1 aliphatic rings. The molecule has 0 radical (unpaired) electrons. The minimum Gasteiger partial charge on any atom is -0.370 e. The Hall–Kier alpha value is -0.620. The van der Waals surface area contributed by atoms with Crippen LogP contribution in [0.2, 0.25) is 0 Å². The highest BCUT2D eigenvalue weighted by molar-refractivity contribution is 9.08. The number of hydrogen-bond donors (Lipinski definition) is 0. The van der Waals surface area contributed by atoms with Gasteiger partial charge in [0.05, 0.1) is 11.5 Å². The van der Waals surface area contributed by atoms with E-state index in [4.69, 9.17) is 0 Å². The molecular formula is C12H15BrFNO2S. The summed E-state index contributed by atoms with van der Waals surface area (Å²) in [6, 6.07) is 4.57. The van der Waals surface area contributed by atoms with Gasteiger partial charge in [0.1, 0.15) is 5.82 Å². The summed E-state index contributed by atoms with van der Waals surface area (Å²) in [6.07, 6.45) is 0.637. The van der Waals surface area contributed by atoms with Gasteiger partial charge in [-0.05, 0) is 30.2 Å². The normalized spacial score (nSPS) is 22.1. The lowest BCUT2D eigenvalue weighted by atomic mass is 10.1. The third kappa shape index (κ3) is 2.85. The van der Waals surface area contributed by atoms with Crippen LogP contribution >= 0.6 is 15.9 Å². The van der Waals surface area contributed by atoms with Crippen LogP contribution < -0.4 is 4.90 Å². The summed E-state index contributed by atoms with van der Waals surface area (Å²) in [5, 5.41) is 0.546. The summed E-state index contributed by atoms with van der Waals surface area (Å²) in [5.41, 5.74) is 1.72. The molecule has 1 saturated heterocycles. The fourth-order valence-corrected chi connectivity index (χ4v) is 4.51. The molecule has 1 aliphatic heterocycles. The molecular weight excluding hydrogens is 321 g/mol. The first kappa shape index (κ1) is 13.8. The Bertz CT molecular complexity index is 547. The van der Waals surface area contributed by atoms with Crippen LogP contribution in [0.15, 0.2) is 18.2 Å². The van der Waals surface area contributed by atoms with Crippen LogP contribution in [0.4, 0.5) is 10.1 Å². The third-order valence-corrected chi connectivity index (χ3v) is 5.68. The Morgan fingerprint density at radius 3 is 2.78 bits per heavy atom. The lowest BCUT2D eigenvalue weighted by Crippen LogP contribution is -2.33. The predicted molar refractivity (Wildman–Crippen MR) is 74.5 cm³/mol. The number of benzene rings is 1. The molecule has 0 saturated carbocycles. The smallest absolute Gasteiger partial charge is 0.152 e. The van der Waals surface area contributed by atoms with Crippen molar-refractivity contribution in [2.24, 2.45) is 0 Å². The minimum atomic E-state index is -2.90. The molecule has 0 spiro atoms. The van der Waals surface area contributed by atoms with Crippen molar-refractivity contribution < 1.29 is 12.8 Å². The van der Waals surface area contributed by atoms with Gasteiger partial charge < -0.3 is 4.90 Å². The maximum atomic E-state index is 13.2. The molecule has 1 heterocycles. The van der Waals surface area contributed by atoms with E-state index in [2.05, 4.69) is 15.9 Å². The lowest BCUT2D eigenvalue weighted by Gasteiger charge is -2.27. The Kier molecular flexibility index (Phi) is 3.96. The Labute approximate surface area is 115 Å². The van der Waals surface area contributed by atoms with E-state index >= 15 is 0 Å². The van der Waals surface area contributed by atoms with Crippen LogP contribution in [0, 0.1) is 5.82 Å². The number of rotatable bonds is 3. The number of sulfone groups is 1. The van der Waals surface area contributed by atoms with E-state index in [9.17, 15) is 12.8 Å². The number of hydrogen-bond acceptors (Lipinski definition) is 3. The van der Waals surface area contributed by atoms with Crippen LogP contribution in [0.3, 0.4) is 0 Å². The summed E-state index contributed by atoms with van der Waals surface area (Å²) in [6.45, 7) is 0. The van der Waals surface area contributed by atoms with Gasteiger partial charge in [0.15, 0.2) is 9.84 Å². The maximum absolute atomic E-state index is 13.2. The van der Waals surface area contributed by atoms with Crippen molar-refractivity contribution in [3.8, 4) is 0 Å². The van der Waals surface area contributed by atoms with Crippen molar-refractivity contribution in [1.29, 1.82) is 0 Å². The molecule has 0 amide bonds. The van der Waals surface area contributed by atoms with Crippen molar-refractivity contribution in [1.82, 2.24) is 0 Å². The molecule has 18 heavy (non-hydrogen) atoms. The third-order valence-electron chi connectivity index (χ3n) is 3.32. The average Bonchev–Trinajstić information content (AvgIpc) is 2.68. The van der Waals surface area contributed by atoms with Crippen molar-refractivity contribution in [2.75, 3.05) is 23.5 Å². The zero-order valence-electron chi connectivity index (χ0n) is 10.1. The SMILES string of the molecule is CN(c1ccc(F)cc1CBr)C1CCS(=O)(=O)C1. The first-order valence-electron chi connectivity index (χ1n) is 5.70. The van der Waals surface area contributed by atoms with Gasteiger partial charge in [-0.3, -0.25) is 0 Å². The van der Waals surface area contributed by atoms with Gasteiger partial charge in [0.2, 0.25) is 0 Å². The quantitative estimate of drug-likeness (QED) is 0.795. The Morgan fingerprint density at radius 2 is 2.22 bits per heavy atom. The van der Waals surface area contributed by atoms with Crippen molar-refractivity contribution in [2.45, 2.75) is 17.8 Å². The minimum absolute atomic E-state index is 0.0155. The van der Waals surface area contributed by atoms with Crippen LogP contribution in [-0.4, -0.2) is 33.0 Å². The first-order chi connectivity index (χ1) is 8.43. The van der Waals surface area contributed by atoms with E-state index < -0.39 is 9.84 Å². The van der Waals surface area contributed by atoms with Crippen LogP contribution in [0.5, 0.6) is 0 Å². The fraction of sp³-hybridized carbons (Fsp3) is 0.500. The summed E-state index contributed by atoms with van der Waals surface area (Å²) in [7, 11) is -1.04.